The Morgan fingerprint density at radius 2 is 2.36 bits per heavy atom. The van der Waals surface area contributed by atoms with Crippen molar-refractivity contribution in [3.8, 4) is 16.9 Å². The number of amides is 1. The molecule has 0 radical (unpaired) electrons. The largest absolute Gasteiger partial charge is 0.487 e. The molecule has 2 aromatic heterocycles. The maximum absolute atomic E-state index is 14.1. The van der Waals surface area contributed by atoms with Crippen LogP contribution in [0.15, 0.2) is 46.4 Å². The van der Waals surface area contributed by atoms with E-state index in [9.17, 15) is 9.18 Å². The van der Waals surface area contributed by atoms with E-state index in [0.717, 1.165) is 21.2 Å². The van der Waals surface area contributed by atoms with Gasteiger partial charge in [-0.2, -0.15) is 0 Å². The second-order valence-electron chi connectivity index (χ2n) is 6.47. The molecule has 5 nitrogen and oxygen atoms in total. The van der Waals surface area contributed by atoms with Gasteiger partial charge in [-0.3, -0.25) is 9.78 Å². The van der Waals surface area contributed by atoms with Crippen molar-refractivity contribution in [1.82, 2.24) is 15.3 Å². The van der Waals surface area contributed by atoms with E-state index < -0.39 is 0 Å². The van der Waals surface area contributed by atoms with Gasteiger partial charge in [-0.1, -0.05) is 17.8 Å². The van der Waals surface area contributed by atoms with E-state index in [1.807, 2.05) is 18.4 Å². The number of hydrogen-bond donors (Lipinski definition) is 1. The van der Waals surface area contributed by atoms with Crippen molar-refractivity contribution in [2.45, 2.75) is 23.8 Å². The monoisotopic (exact) mass is 415 g/mol. The first-order valence-electron chi connectivity index (χ1n) is 8.79. The highest BCUT2D eigenvalue weighted by Crippen LogP contribution is 2.39. The van der Waals surface area contributed by atoms with Gasteiger partial charge >= 0.3 is 0 Å². The molecule has 1 aromatic carbocycles. The van der Waals surface area contributed by atoms with Gasteiger partial charge in [-0.05, 0) is 25.1 Å². The van der Waals surface area contributed by atoms with Gasteiger partial charge < -0.3 is 10.1 Å². The van der Waals surface area contributed by atoms with Crippen LogP contribution in [0.4, 0.5) is 4.39 Å². The minimum atomic E-state index is -0.305. The van der Waals surface area contributed by atoms with Gasteiger partial charge in [0.05, 0.1) is 12.3 Å². The molecule has 0 saturated carbocycles. The predicted octanol–water partition coefficient (Wildman–Crippen LogP) is 3.86. The van der Waals surface area contributed by atoms with Crippen molar-refractivity contribution in [2.75, 3.05) is 12.3 Å². The third-order valence-corrected chi connectivity index (χ3v) is 6.43. The van der Waals surface area contributed by atoms with E-state index in [1.54, 1.807) is 18.5 Å². The van der Waals surface area contributed by atoms with Gasteiger partial charge in [-0.15, -0.1) is 11.3 Å². The van der Waals surface area contributed by atoms with Gasteiger partial charge in [-0.25, -0.2) is 9.37 Å². The maximum Gasteiger partial charge on any atom is 0.230 e. The number of fused-ring (bicyclic) bond motifs is 1. The SMILES string of the molecule is Cc1csc(SCC(=O)NC[C@@H]2Cc3cc(F)cc(-c4cccnc4)c3O2)n1. The molecule has 0 aliphatic carbocycles. The van der Waals surface area contributed by atoms with Crippen LogP contribution in [0.25, 0.3) is 11.1 Å². The van der Waals surface area contributed by atoms with E-state index >= 15 is 0 Å². The van der Waals surface area contributed by atoms with Crippen LogP contribution in [0, 0.1) is 12.7 Å². The van der Waals surface area contributed by atoms with E-state index in [-0.39, 0.29) is 17.8 Å². The Hall–Kier alpha value is -2.45. The number of ether oxygens (including phenoxy) is 1. The Morgan fingerprint density at radius 3 is 3.11 bits per heavy atom. The predicted molar refractivity (Wildman–Crippen MR) is 108 cm³/mol. The van der Waals surface area contributed by atoms with Gasteiger partial charge in [0.15, 0.2) is 4.34 Å². The molecule has 1 atom stereocenters. The summed E-state index contributed by atoms with van der Waals surface area (Å²) in [5, 5.41) is 4.86. The highest BCUT2D eigenvalue weighted by Gasteiger charge is 2.27. The van der Waals surface area contributed by atoms with Crippen LogP contribution in [0.2, 0.25) is 0 Å². The lowest BCUT2D eigenvalue weighted by atomic mass is 10.0. The summed E-state index contributed by atoms with van der Waals surface area (Å²) in [5.74, 6) is 0.598. The molecule has 0 fully saturated rings. The zero-order chi connectivity index (χ0) is 19.5. The molecule has 3 aromatic rings. The smallest absolute Gasteiger partial charge is 0.230 e. The second kappa shape index (κ2) is 8.28. The van der Waals surface area contributed by atoms with E-state index in [1.165, 1.54) is 35.2 Å². The number of pyridine rings is 1. The summed E-state index contributed by atoms with van der Waals surface area (Å²) in [6, 6.07) is 6.64. The highest BCUT2D eigenvalue weighted by atomic mass is 32.2. The molecular weight excluding hydrogens is 397 g/mol. The molecule has 1 aliphatic rings. The third-order valence-electron chi connectivity index (χ3n) is 4.29. The standard InChI is InChI=1S/C20H18FN3O2S2/c1-12-10-27-20(24-12)28-11-18(25)23-9-16-6-14-5-15(21)7-17(19(14)26-16)13-3-2-4-22-8-13/h2-5,7-8,10,16H,6,9,11H2,1H3,(H,23,25)/t16-/m0/s1. The molecule has 4 rings (SSSR count). The Labute approximate surface area is 170 Å². The minimum Gasteiger partial charge on any atom is -0.487 e. The van der Waals surface area contributed by atoms with E-state index in [4.69, 9.17) is 4.74 Å². The first-order valence-corrected chi connectivity index (χ1v) is 10.7. The number of carbonyl (C=O) groups excluding carboxylic acids is 1. The van der Waals surface area contributed by atoms with Crippen molar-refractivity contribution >= 4 is 29.0 Å². The first-order chi connectivity index (χ1) is 13.6. The molecule has 0 saturated heterocycles. The lowest BCUT2D eigenvalue weighted by Gasteiger charge is -2.13. The van der Waals surface area contributed by atoms with Crippen LogP contribution in [0.3, 0.4) is 0 Å². The lowest BCUT2D eigenvalue weighted by molar-refractivity contribution is -0.118. The van der Waals surface area contributed by atoms with Crippen molar-refractivity contribution in [3.05, 3.63) is 59.1 Å². The topological polar surface area (TPSA) is 64.1 Å². The number of hydrogen-bond acceptors (Lipinski definition) is 6. The molecule has 0 bridgehead atoms. The Kier molecular flexibility index (Phi) is 5.59. The highest BCUT2D eigenvalue weighted by molar-refractivity contribution is 8.01. The molecule has 1 amide bonds. The minimum absolute atomic E-state index is 0.0731. The number of nitrogens with one attached hydrogen (secondary N) is 1. The number of rotatable bonds is 6. The molecule has 3 heterocycles. The average molecular weight is 416 g/mol. The molecule has 1 aliphatic heterocycles. The number of thioether (sulfide) groups is 1. The number of benzene rings is 1. The maximum atomic E-state index is 14.1. The van der Waals surface area contributed by atoms with Crippen LogP contribution in [-0.2, 0) is 11.2 Å². The zero-order valence-electron chi connectivity index (χ0n) is 15.1. The summed E-state index contributed by atoms with van der Waals surface area (Å²) < 4.78 is 21.0. The number of aryl methyl sites for hydroxylation is 1. The number of halogens is 1. The number of carbonyl (C=O) groups is 1. The number of nitrogens with zero attached hydrogens (tertiary/aromatic N) is 2. The molecule has 8 heteroatoms. The number of aromatic nitrogens is 2. The molecule has 144 valence electrons. The molecule has 28 heavy (non-hydrogen) atoms. The van der Waals surface area contributed by atoms with Gasteiger partial charge in [0, 0.05) is 46.6 Å². The third kappa shape index (κ3) is 4.34. The van der Waals surface area contributed by atoms with Crippen LogP contribution in [0.5, 0.6) is 5.75 Å². The fourth-order valence-corrected chi connectivity index (χ4v) is 4.73. The van der Waals surface area contributed by atoms with Gasteiger partial charge in [0.1, 0.15) is 17.7 Å². The Bertz CT molecular complexity index is 994. The fraction of sp³-hybridized carbons (Fsp3) is 0.250. The molecule has 0 spiro atoms. The van der Waals surface area contributed by atoms with Crippen molar-refractivity contribution in [2.24, 2.45) is 0 Å². The summed E-state index contributed by atoms with van der Waals surface area (Å²) in [7, 11) is 0. The summed E-state index contributed by atoms with van der Waals surface area (Å²) in [6.07, 6.45) is 3.70. The second-order valence-corrected chi connectivity index (χ2v) is 8.56. The quantitative estimate of drug-likeness (QED) is 0.620. The molecular formula is C20H18FN3O2S2. The Balaban J connectivity index is 1.36. The summed E-state index contributed by atoms with van der Waals surface area (Å²) in [6.45, 7) is 2.30. The number of thiazole rings is 1. The molecule has 1 N–H and O–H groups in total. The van der Waals surface area contributed by atoms with Crippen molar-refractivity contribution in [3.63, 3.8) is 0 Å². The summed E-state index contributed by atoms with van der Waals surface area (Å²) >= 11 is 2.95. The zero-order valence-corrected chi connectivity index (χ0v) is 16.8. The van der Waals surface area contributed by atoms with E-state index in [2.05, 4.69) is 15.3 Å². The van der Waals surface area contributed by atoms with E-state index in [0.29, 0.717) is 30.0 Å². The lowest BCUT2D eigenvalue weighted by Crippen LogP contribution is -2.35. The Morgan fingerprint density at radius 1 is 1.46 bits per heavy atom. The normalized spacial score (nSPS) is 15.1. The fourth-order valence-electron chi connectivity index (χ4n) is 3.05. The summed E-state index contributed by atoms with van der Waals surface area (Å²) in [4.78, 5) is 20.5. The van der Waals surface area contributed by atoms with Crippen LogP contribution >= 0.6 is 23.1 Å². The first kappa shape index (κ1) is 18.9. The van der Waals surface area contributed by atoms with Crippen LogP contribution in [0.1, 0.15) is 11.3 Å². The van der Waals surface area contributed by atoms with Crippen LogP contribution < -0.4 is 10.1 Å². The van der Waals surface area contributed by atoms with Crippen molar-refractivity contribution < 1.29 is 13.9 Å². The summed E-state index contributed by atoms with van der Waals surface area (Å²) in [5.41, 5.74) is 3.26. The average Bonchev–Trinajstić information content (AvgIpc) is 3.30. The molecule has 0 unspecified atom stereocenters. The van der Waals surface area contributed by atoms with Crippen LogP contribution in [-0.4, -0.2) is 34.3 Å². The van der Waals surface area contributed by atoms with Gasteiger partial charge in [0.2, 0.25) is 5.91 Å². The van der Waals surface area contributed by atoms with Gasteiger partial charge in [0.25, 0.3) is 0 Å². The van der Waals surface area contributed by atoms with Crippen molar-refractivity contribution in [1.29, 1.82) is 0 Å².